The van der Waals surface area contributed by atoms with Crippen molar-refractivity contribution in [1.29, 1.82) is 0 Å². The first-order chi connectivity index (χ1) is 12.5. The van der Waals surface area contributed by atoms with Crippen molar-refractivity contribution < 1.29 is 13.9 Å². The van der Waals surface area contributed by atoms with Crippen molar-refractivity contribution in [3.63, 3.8) is 0 Å². The van der Waals surface area contributed by atoms with Gasteiger partial charge in [0, 0.05) is 16.5 Å². The zero-order valence-electron chi connectivity index (χ0n) is 14.2. The first-order valence-electron chi connectivity index (χ1n) is 8.07. The molecule has 3 aromatic rings. The Balaban J connectivity index is 1.66. The summed E-state index contributed by atoms with van der Waals surface area (Å²) in [7, 11) is 0. The van der Waals surface area contributed by atoms with Crippen LogP contribution in [0, 0.1) is 5.82 Å². The molecule has 0 saturated carbocycles. The number of tetrazole rings is 1. The minimum atomic E-state index is -0.556. The standard InChI is InChI=1S/C18H16FN5O2/c1-18(2)9-26-15-11(4-3-5-12(15)18)17(25)20-14-8-10(6-7-13(14)19)16-21-23-24-22-16/h3-8H,9H2,1-2H3,(H,20,25)(H,21,22,23,24). The van der Waals surface area contributed by atoms with E-state index in [4.69, 9.17) is 4.74 Å². The molecule has 7 nitrogen and oxygen atoms in total. The fraction of sp³-hybridized carbons (Fsp3) is 0.222. The maximum Gasteiger partial charge on any atom is 0.259 e. The number of fused-ring (bicyclic) bond motifs is 1. The van der Waals surface area contributed by atoms with E-state index in [0.29, 0.717) is 29.3 Å². The van der Waals surface area contributed by atoms with Crippen molar-refractivity contribution in [2.75, 3.05) is 11.9 Å². The molecule has 132 valence electrons. The van der Waals surface area contributed by atoms with Gasteiger partial charge < -0.3 is 10.1 Å². The smallest absolute Gasteiger partial charge is 0.259 e. The molecule has 0 fully saturated rings. The van der Waals surface area contributed by atoms with Crippen LogP contribution in [0.1, 0.15) is 29.8 Å². The number of aromatic nitrogens is 4. The Morgan fingerprint density at radius 3 is 2.92 bits per heavy atom. The largest absolute Gasteiger partial charge is 0.492 e. The van der Waals surface area contributed by atoms with E-state index in [1.807, 2.05) is 6.07 Å². The summed E-state index contributed by atoms with van der Waals surface area (Å²) < 4.78 is 19.9. The summed E-state index contributed by atoms with van der Waals surface area (Å²) in [6.07, 6.45) is 0. The lowest BCUT2D eigenvalue weighted by molar-refractivity contribution is 0.102. The molecule has 0 unspecified atom stereocenters. The molecular formula is C18H16FN5O2. The van der Waals surface area contributed by atoms with Gasteiger partial charge in [0.2, 0.25) is 5.82 Å². The maximum absolute atomic E-state index is 14.2. The van der Waals surface area contributed by atoms with Crippen molar-refractivity contribution >= 4 is 11.6 Å². The third-order valence-electron chi connectivity index (χ3n) is 4.38. The van der Waals surface area contributed by atoms with Gasteiger partial charge in [-0.2, -0.15) is 5.21 Å². The van der Waals surface area contributed by atoms with Gasteiger partial charge in [-0.25, -0.2) is 4.39 Å². The molecule has 8 heteroatoms. The van der Waals surface area contributed by atoms with Crippen LogP contribution >= 0.6 is 0 Å². The van der Waals surface area contributed by atoms with E-state index < -0.39 is 11.7 Å². The fourth-order valence-corrected chi connectivity index (χ4v) is 2.97. The van der Waals surface area contributed by atoms with Crippen molar-refractivity contribution in [2.24, 2.45) is 0 Å². The lowest BCUT2D eigenvalue weighted by Gasteiger charge is -2.15. The van der Waals surface area contributed by atoms with Crippen LogP contribution < -0.4 is 10.1 Å². The van der Waals surface area contributed by atoms with Gasteiger partial charge in [0.05, 0.1) is 17.9 Å². The molecule has 2 N–H and O–H groups in total. The van der Waals surface area contributed by atoms with Crippen molar-refractivity contribution in [3.05, 3.63) is 53.3 Å². The van der Waals surface area contributed by atoms with E-state index in [0.717, 1.165) is 5.56 Å². The number of aromatic amines is 1. The summed E-state index contributed by atoms with van der Waals surface area (Å²) >= 11 is 0. The highest BCUT2D eigenvalue weighted by Gasteiger charge is 2.34. The van der Waals surface area contributed by atoms with Crippen molar-refractivity contribution in [3.8, 4) is 17.1 Å². The molecule has 0 atom stereocenters. The zero-order chi connectivity index (χ0) is 18.3. The Kier molecular flexibility index (Phi) is 3.68. The number of carbonyl (C=O) groups is 1. The van der Waals surface area contributed by atoms with Crippen LogP contribution in [-0.2, 0) is 5.41 Å². The molecular weight excluding hydrogens is 337 g/mol. The highest BCUT2D eigenvalue weighted by molar-refractivity contribution is 6.07. The van der Waals surface area contributed by atoms with Gasteiger partial charge in [0.1, 0.15) is 11.6 Å². The van der Waals surface area contributed by atoms with E-state index in [1.54, 1.807) is 12.1 Å². The summed E-state index contributed by atoms with van der Waals surface area (Å²) in [6.45, 7) is 4.59. The number of nitrogens with one attached hydrogen (secondary N) is 2. The first kappa shape index (κ1) is 16.2. The molecule has 0 saturated heterocycles. The number of benzene rings is 2. The first-order valence-corrected chi connectivity index (χ1v) is 8.07. The third kappa shape index (κ3) is 2.69. The summed E-state index contributed by atoms with van der Waals surface area (Å²) in [5.41, 5.74) is 1.73. The monoisotopic (exact) mass is 353 g/mol. The van der Waals surface area contributed by atoms with Gasteiger partial charge in [0.15, 0.2) is 0 Å². The second-order valence-electron chi connectivity index (χ2n) is 6.74. The molecule has 2 heterocycles. The van der Waals surface area contributed by atoms with E-state index >= 15 is 0 Å². The normalized spacial score (nSPS) is 14.6. The van der Waals surface area contributed by atoms with Crippen molar-refractivity contribution in [1.82, 2.24) is 20.6 Å². The minimum Gasteiger partial charge on any atom is -0.492 e. The number of hydrogen-bond donors (Lipinski definition) is 2. The maximum atomic E-state index is 14.2. The summed E-state index contributed by atoms with van der Waals surface area (Å²) in [4.78, 5) is 12.7. The highest BCUT2D eigenvalue weighted by atomic mass is 19.1. The molecule has 0 bridgehead atoms. The predicted molar refractivity (Wildman–Crippen MR) is 92.5 cm³/mol. The molecule has 0 aliphatic carbocycles. The lowest BCUT2D eigenvalue weighted by Crippen LogP contribution is -2.18. The summed E-state index contributed by atoms with van der Waals surface area (Å²) in [6, 6.07) is 9.63. The molecule has 0 spiro atoms. The van der Waals surface area contributed by atoms with Crippen molar-refractivity contribution in [2.45, 2.75) is 19.3 Å². The quantitative estimate of drug-likeness (QED) is 0.755. The van der Waals surface area contributed by atoms with Crippen LogP contribution in [0.3, 0.4) is 0 Å². The summed E-state index contributed by atoms with van der Waals surface area (Å²) in [5, 5.41) is 16.1. The van der Waals surface area contributed by atoms with Gasteiger partial charge in [-0.05, 0) is 29.5 Å². The van der Waals surface area contributed by atoms with Crippen LogP contribution in [0.15, 0.2) is 36.4 Å². The number of anilines is 1. The molecule has 26 heavy (non-hydrogen) atoms. The third-order valence-corrected chi connectivity index (χ3v) is 4.38. The Morgan fingerprint density at radius 2 is 2.15 bits per heavy atom. The number of amides is 1. The second kappa shape index (κ2) is 5.91. The molecule has 1 aliphatic heterocycles. The van der Waals surface area contributed by atoms with Gasteiger partial charge in [-0.1, -0.05) is 26.0 Å². The van der Waals surface area contributed by atoms with Crippen LogP contribution in [-0.4, -0.2) is 33.1 Å². The lowest BCUT2D eigenvalue weighted by atomic mass is 9.86. The van der Waals surface area contributed by atoms with Crippen LogP contribution in [0.2, 0.25) is 0 Å². The summed E-state index contributed by atoms with van der Waals surface area (Å²) in [5.74, 6) is -0.140. The van der Waals surface area contributed by atoms with E-state index in [2.05, 4.69) is 39.8 Å². The van der Waals surface area contributed by atoms with Crippen LogP contribution in [0.25, 0.3) is 11.4 Å². The van der Waals surface area contributed by atoms with E-state index in [-0.39, 0.29) is 11.1 Å². The number of para-hydroxylation sites is 1. The number of halogens is 1. The number of ether oxygens (including phenoxy) is 1. The Hall–Kier alpha value is -3.29. The fourth-order valence-electron chi connectivity index (χ4n) is 2.97. The Morgan fingerprint density at radius 1 is 1.31 bits per heavy atom. The molecule has 0 radical (unpaired) electrons. The number of carbonyl (C=O) groups excluding carboxylic acids is 1. The Labute approximate surface area is 148 Å². The molecule has 2 aromatic carbocycles. The molecule has 1 amide bonds. The Bertz CT molecular complexity index is 985. The average Bonchev–Trinajstić information content (AvgIpc) is 3.25. The topological polar surface area (TPSA) is 92.8 Å². The average molecular weight is 353 g/mol. The van der Waals surface area contributed by atoms with Gasteiger partial charge in [0.25, 0.3) is 5.91 Å². The van der Waals surface area contributed by atoms with Gasteiger partial charge in [-0.15, -0.1) is 10.2 Å². The number of hydrogen-bond acceptors (Lipinski definition) is 5. The van der Waals surface area contributed by atoms with Crippen LogP contribution in [0.5, 0.6) is 5.75 Å². The van der Waals surface area contributed by atoms with E-state index in [9.17, 15) is 9.18 Å². The van der Waals surface area contributed by atoms with Crippen LogP contribution in [0.4, 0.5) is 10.1 Å². The molecule has 4 rings (SSSR count). The second-order valence-corrected chi connectivity index (χ2v) is 6.74. The highest BCUT2D eigenvalue weighted by Crippen LogP contribution is 2.40. The molecule has 1 aromatic heterocycles. The van der Waals surface area contributed by atoms with Gasteiger partial charge in [-0.3, -0.25) is 4.79 Å². The number of H-pyrrole nitrogens is 1. The number of nitrogens with zero attached hydrogens (tertiary/aromatic N) is 3. The zero-order valence-corrected chi connectivity index (χ0v) is 14.2. The predicted octanol–water partition coefficient (Wildman–Crippen LogP) is 2.93. The van der Waals surface area contributed by atoms with Gasteiger partial charge >= 0.3 is 0 Å². The molecule has 1 aliphatic rings. The number of rotatable bonds is 3. The SMILES string of the molecule is CC1(C)COc2c(C(=O)Nc3cc(-c4nn[nH]n4)ccc3F)cccc21. The van der Waals surface area contributed by atoms with E-state index in [1.165, 1.54) is 18.2 Å². The minimum absolute atomic E-state index is 0.0344.